The summed E-state index contributed by atoms with van der Waals surface area (Å²) < 4.78 is 0. The lowest BCUT2D eigenvalue weighted by molar-refractivity contribution is -0.117. The molecule has 1 aromatic rings. The first-order chi connectivity index (χ1) is 14.7. The zero-order chi connectivity index (χ0) is 21.6. The van der Waals surface area contributed by atoms with E-state index in [9.17, 15) is 10.1 Å². The number of nitrogens with one attached hydrogen (secondary N) is 2. The number of para-hydroxylation sites is 1. The molecule has 0 radical (unpaired) electrons. The summed E-state index contributed by atoms with van der Waals surface area (Å²) in [4.78, 5) is 12.8. The van der Waals surface area contributed by atoms with E-state index in [1.807, 2.05) is 18.2 Å². The van der Waals surface area contributed by atoms with E-state index < -0.39 is 0 Å². The van der Waals surface area contributed by atoms with Gasteiger partial charge in [0.1, 0.15) is 11.6 Å². The second kappa shape index (κ2) is 13.9. The second-order valence-corrected chi connectivity index (χ2v) is 8.64. The molecule has 1 atom stereocenters. The summed E-state index contributed by atoms with van der Waals surface area (Å²) in [5.74, 6) is 0.154. The zero-order valence-corrected chi connectivity index (χ0v) is 18.9. The average molecular weight is 410 g/mol. The molecule has 0 aromatic heterocycles. The summed E-state index contributed by atoms with van der Waals surface area (Å²) in [6, 6.07) is 10.3. The molecule has 1 unspecified atom stereocenters. The maximum Gasteiger partial charge on any atom is 0.263 e. The van der Waals surface area contributed by atoms with Crippen LogP contribution in [0.2, 0.25) is 0 Å². The molecule has 2 rings (SSSR count). The summed E-state index contributed by atoms with van der Waals surface area (Å²) in [5.41, 5.74) is 2.30. The van der Waals surface area contributed by atoms with Crippen LogP contribution in [0.15, 0.2) is 36.0 Å². The molecule has 2 N–H and O–H groups in total. The van der Waals surface area contributed by atoms with Gasteiger partial charge in [-0.3, -0.25) is 4.79 Å². The Morgan fingerprint density at radius 3 is 2.20 bits per heavy atom. The highest BCUT2D eigenvalue weighted by atomic mass is 16.1. The SMILES string of the molecule is CCC(C)c1ccccc1N/C=C(/C#N)C(=O)NC1CCCCCCCCCCC1. The Balaban J connectivity index is 1.99. The maximum atomic E-state index is 12.8. The summed E-state index contributed by atoms with van der Waals surface area (Å²) in [5, 5.41) is 15.9. The second-order valence-electron chi connectivity index (χ2n) is 8.64. The molecule has 164 valence electrons. The van der Waals surface area contributed by atoms with Crippen molar-refractivity contribution in [3.63, 3.8) is 0 Å². The predicted octanol–water partition coefficient (Wildman–Crippen LogP) is 6.81. The molecule has 1 aliphatic carbocycles. The van der Waals surface area contributed by atoms with E-state index in [1.165, 1.54) is 50.5 Å². The van der Waals surface area contributed by atoms with E-state index >= 15 is 0 Å². The monoisotopic (exact) mass is 409 g/mol. The van der Waals surface area contributed by atoms with Gasteiger partial charge in [0.05, 0.1) is 0 Å². The van der Waals surface area contributed by atoms with Crippen LogP contribution in [-0.2, 0) is 4.79 Å². The first-order valence-electron chi connectivity index (χ1n) is 11.9. The van der Waals surface area contributed by atoms with Gasteiger partial charge < -0.3 is 10.6 Å². The highest BCUT2D eigenvalue weighted by Gasteiger charge is 2.16. The van der Waals surface area contributed by atoms with Crippen molar-refractivity contribution in [3.05, 3.63) is 41.6 Å². The van der Waals surface area contributed by atoms with Crippen LogP contribution in [-0.4, -0.2) is 11.9 Å². The van der Waals surface area contributed by atoms with E-state index in [1.54, 1.807) is 6.20 Å². The molecule has 0 aliphatic heterocycles. The minimum atomic E-state index is -0.261. The van der Waals surface area contributed by atoms with Gasteiger partial charge in [-0.2, -0.15) is 5.26 Å². The van der Waals surface area contributed by atoms with Crippen molar-refractivity contribution in [3.8, 4) is 6.07 Å². The topological polar surface area (TPSA) is 64.9 Å². The lowest BCUT2D eigenvalue weighted by atomic mass is 9.97. The number of anilines is 1. The molecule has 30 heavy (non-hydrogen) atoms. The Morgan fingerprint density at radius 1 is 1.07 bits per heavy atom. The molecule has 0 saturated heterocycles. The lowest BCUT2D eigenvalue weighted by Gasteiger charge is -2.19. The number of hydrogen-bond acceptors (Lipinski definition) is 3. The Hall–Kier alpha value is -2.28. The number of nitrogens with zero attached hydrogens (tertiary/aromatic N) is 1. The standard InChI is InChI=1S/C26H39N3O/c1-3-21(2)24-17-13-14-18-25(24)28-20-22(19-27)26(30)29-23-15-11-9-7-5-4-6-8-10-12-16-23/h13-14,17-18,20-21,23,28H,3-12,15-16H2,1-2H3,(H,29,30)/b22-20-. The van der Waals surface area contributed by atoms with Crippen LogP contribution in [0.4, 0.5) is 5.69 Å². The van der Waals surface area contributed by atoms with E-state index in [4.69, 9.17) is 0 Å². The van der Waals surface area contributed by atoms with Gasteiger partial charge in [0.15, 0.2) is 0 Å². The number of carbonyl (C=O) groups excluding carboxylic acids is 1. The van der Waals surface area contributed by atoms with Crippen LogP contribution < -0.4 is 10.6 Å². The summed E-state index contributed by atoms with van der Waals surface area (Å²) in [6.45, 7) is 4.35. The summed E-state index contributed by atoms with van der Waals surface area (Å²) >= 11 is 0. The average Bonchev–Trinajstić information content (AvgIpc) is 2.75. The molecule has 1 fully saturated rings. The fourth-order valence-corrected chi connectivity index (χ4v) is 4.15. The Bertz CT molecular complexity index is 707. The highest BCUT2D eigenvalue weighted by molar-refractivity contribution is 5.97. The van der Waals surface area contributed by atoms with Gasteiger partial charge in [-0.1, -0.05) is 89.8 Å². The van der Waals surface area contributed by atoms with Gasteiger partial charge in [0, 0.05) is 17.9 Å². The number of nitriles is 1. The van der Waals surface area contributed by atoms with Crippen molar-refractivity contribution < 1.29 is 4.79 Å². The predicted molar refractivity (Wildman–Crippen MR) is 125 cm³/mol. The van der Waals surface area contributed by atoms with Crippen LogP contribution in [0, 0.1) is 11.3 Å². The quantitative estimate of drug-likeness (QED) is 0.401. The molecular weight excluding hydrogens is 370 g/mol. The van der Waals surface area contributed by atoms with Crippen LogP contribution in [0.5, 0.6) is 0 Å². The van der Waals surface area contributed by atoms with Crippen LogP contribution in [0.25, 0.3) is 0 Å². The molecule has 1 aromatic carbocycles. The fourth-order valence-electron chi connectivity index (χ4n) is 4.15. The number of hydrogen-bond donors (Lipinski definition) is 2. The fraction of sp³-hybridized carbons (Fsp3) is 0.615. The van der Waals surface area contributed by atoms with Crippen molar-refractivity contribution in [2.24, 2.45) is 0 Å². The first-order valence-corrected chi connectivity index (χ1v) is 11.9. The van der Waals surface area contributed by atoms with Crippen molar-refractivity contribution in [1.82, 2.24) is 5.32 Å². The number of carbonyl (C=O) groups is 1. The third-order valence-electron chi connectivity index (χ3n) is 6.28. The van der Waals surface area contributed by atoms with Gasteiger partial charge >= 0.3 is 0 Å². The Labute approximate surface area is 183 Å². The molecule has 0 bridgehead atoms. The molecule has 0 heterocycles. The van der Waals surface area contributed by atoms with Crippen molar-refractivity contribution in [2.45, 2.75) is 103 Å². The minimum Gasteiger partial charge on any atom is -0.360 e. The van der Waals surface area contributed by atoms with Gasteiger partial charge in [-0.15, -0.1) is 0 Å². The van der Waals surface area contributed by atoms with E-state index in [2.05, 4.69) is 36.6 Å². The largest absolute Gasteiger partial charge is 0.360 e. The molecule has 1 saturated carbocycles. The maximum absolute atomic E-state index is 12.8. The van der Waals surface area contributed by atoms with Gasteiger partial charge in [-0.05, 0) is 36.8 Å². The third kappa shape index (κ3) is 8.22. The van der Waals surface area contributed by atoms with Crippen LogP contribution in [0.1, 0.15) is 102 Å². The normalized spacial score (nSPS) is 18.4. The zero-order valence-electron chi connectivity index (χ0n) is 18.9. The number of rotatable bonds is 6. The molecule has 0 spiro atoms. The van der Waals surface area contributed by atoms with Gasteiger partial charge in [0.2, 0.25) is 0 Å². The van der Waals surface area contributed by atoms with E-state index in [0.717, 1.165) is 37.8 Å². The highest BCUT2D eigenvalue weighted by Crippen LogP contribution is 2.26. The summed E-state index contributed by atoms with van der Waals surface area (Å²) in [7, 11) is 0. The van der Waals surface area contributed by atoms with Crippen molar-refractivity contribution in [2.75, 3.05) is 5.32 Å². The van der Waals surface area contributed by atoms with Gasteiger partial charge in [-0.25, -0.2) is 0 Å². The van der Waals surface area contributed by atoms with Crippen LogP contribution in [0.3, 0.4) is 0 Å². The molecule has 1 amide bonds. The molecule has 4 heteroatoms. The van der Waals surface area contributed by atoms with Crippen molar-refractivity contribution >= 4 is 11.6 Å². The van der Waals surface area contributed by atoms with Crippen molar-refractivity contribution in [1.29, 1.82) is 5.26 Å². The first kappa shape index (κ1) is 24.0. The van der Waals surface area contributed by atoms with E-state index in [0.29, 0.717) is 5.92 Å². The molecular formula is C26H39N3O. The van der Waals surface area contributed by atoms with Gasteiger partial charge in [0.25, 0.3) is 5.91 Å². The minimum absolute atomic E-state index is 0.139. The summed E-state index contributed by atoms with van der Waals surface area (Å²) in [6.07, 6.45) is 16.0. The lowest BCUT2D eigenvalue weighted by Crippen LogP contribution is -2.35. The number of benzene rings is 1. The Kier molecular flexibility index (Phi) is 11.1. The molecule has 1 aliphatic rings. The smallest absolute Gasteiger partial charge is 0.263 e. The molecule has 4 nitrogen and oxygen atoms in total. The van der Waals surface area contributed by atoms with Crippen LogP contribution >= 0.6 is 0 Å². The third-order valence-corrected chi connectivity index (χ3v) is 6.28. The number of amides is 1. The van der Waals surface area contributed by atoms with E-state index in [-0.39, 0.29) is 17.5 Å². The Morgan fingerprint density at radius 2 is 1.63 bits per heavy atom.